The van der Waals surface area contributed by atoms with Gasteiger partial charge in [0.2, 0.25) is 5.91 Å². The minimum Gasteiger partial charge on any atom is -0.385 e. The Hall–Kier alpha value is -2.12. The van der Waals surface area contributed by atoms with E-state index in [0.29, 0.717) is 6.54 Å². The van der Waals surface area contributed by atoms with Crippen molar-refractivity contribution in [3.05, 3.63) is 35.9 Å². The molecule has 156 valence electrons. The predicted molar refractivity (Wildman–Crippen MR) is 111 cm³/mol. The Bertz CT molecular complexity index is 599. The number of likely N-dealkylation sites (N-methyl/N-ethyl adjacent to an activating group) is 1. The van der Waals surface area contributed by atoms with Crippen molar-refractivity contribution in [2.75, 3.05) is 54.1 Å². The summed E-state index contributed by atoms with van der Waals surface area (Å²) in [6.07, 6.45) is 3.13. The molecule has 0 aromatic heterocycles. The van der Waals surface area contributed by atoms with Crippen LogP contribution in [0.4, 0.5) is 0 Å². The number of piperidine rings is 1. The highest BCUT2D eigenvalue weighted by molar-refractivity contribution is 5.86. The van der Waals surface area contributed by atoms with Crippen LogP contribution in [0.2, 0.25) is 0 Å². The molecular formula is C21H34N4O3. The van der Waals surface area contributed by atoms with Gasteiger partial charge in [0, 0.05) is 47.5 Å². The molecular weight excluding hydrogens is 356 g/mol. The molecule has 1 aromatic rings. The normalized spacial score (nSPS) is 15.5. The van der Waals surface area contributed by atoms with Crippen molar-refractivity contribution in [1.29, 1.82) is 0 Å². The van der Waals surface area contributed by atoms with Gasteiger partial charge in [0.25, 0.3) is 0 Å². The number of amides is 1. The topological polar surface area (TPSA) is 66.4 Å². The molecule has 1 fully saturated rings. The number of nitrogens with one attached hydrogen (secondary N) is 1. The molecule has 1 aromatic carbocycles. The highest BCUT2D eigenvalue weighted by atomic mass is 16.5. The average molecular weight is 391 g/mol. The largest absolute Gasteiger partial charge is 0.385 e. The number of hydrogen-bond donors (Lipinski definition) is 1. The molecule has 7 nitrogen and oxygen atoms in total. The highest BCUT2D eigenvalue weighted by Crippen LogP contribution is 2.14. The number of aliphatic imine (C=N–C) groups is 1. The van der Waals surface area contributed by atoms with Crippen molar-refractivity contribution in [3.63, 3.8) is 0 Å². The van der Waals surface area contributed by atoms with E-state index >= 15 is 0 Å². The van der Waals surface area contributed by atoms with Crippen molar-refractivity contribution in [2.45, 2.75) is 31.9 Å². The number of ether oxygens (including phenoxy) is 2. The van der Waals surface area contributed by atoms with Gasteiger partial charge >= 0.3 is 0 Å². The molecule has 0 spiro atoms. The number of likely N-dealkylation sites (tertiary alicyclic amines) is 1. The Labute approximate surface area is 168 Å². The Morgan fingerprint density at radius 3 is 2.57 bits per heavy atom. The molecule has 0 saturated carbocycles. The molecule has 1 amide bonds. The van der Waals surface area contributed by atoms with Gasteiger partial charge in [0.15, 0.2) is 5.96 Å². The number of benzene rings is 1. The molecule has 1 N–H and O–H groups in total. The van der Waals surface area contributed by atoms with Gasteiger partial charge in [-0.3, -0.25) is 4.79 Å². The predicted octanol–water partition coefficient (Wildman–Crippen LogP) is 1.74. The van der Waals surface area contributed by atoms with Gasteiger partial charge in [-0.25, -0.2) is 4.99 Å². The van der Waals surface area contributed by atoms with Gasteiger partial charge in [0.1, 0.15) is 0 Å². The molecule has 2 rings (SSSR count). The van der Waals surface area contributed by atoms with Gasteiger partial charge in [-0.05, 0) is 24.8 Å². The monoisotopic (exact) mass is 390 g/mol. The minimum atomic E-state index is 0.0313. The Balaban J connectivity index is 1.90. The fourth-order valence-electron chi connectivity index (χ4n) is 3.02. The van der Waals surface area contributed by atoms with Crippen LogP contribution in [0.25, 0.3) is 0 Å². The molecule has 1 heterocycles. The van der Waals surface area contributed by atoms with Gasteiger partial charge in [-0.15, -0.1) is 0 Å². The fraction of sp³-hybridized carbons (Fsp3) is 0.619. The zero-order valence-electron chi connectivity index (χ0n) is 17.4. The molecule has 28 heavy (non-hydrogen) atoms. The second-order valence-corrected chi connectivity index (χ2v) is 7.17. The molecule has 0 radical (unpaired) electrons. The van der Waals surface area contributed by atoms with Gasteiger partial charge < -0.3 is 24.6 Å². The smallest absolute Gasteiger partial charge is 0.241 e. The van der Waals surface area contributed by atoms with E-state index in [2.05, 4.69) is 22.3 Å². The van der Waals surface area contributed by atoms with Crippen LogP contribution in [0.15, 0.2) is 35.3 Å². The molecule has 0 unspecified atom stereocenters. The molecule has 7 heteroatoms. The molecule has 0 aliphatic carbocycles. The SMILES string of the molecule is COCCCOC1CCN(C(=NCc2ccccc2)NCC(=O)N(C)C)CC1. The zero-order chi connectivity index (χ0) is 20.2. The first kappa shape index (κ1) is 22.2. The maximum atomic E-state index is 12.0. The number of methoxy groups -OCH3 is 1. The first-order valence-electron chi connectivity index (χ1n) is 9.98. The maximum absolute atomic E-state index is 12.0. The summed E-state index contributed by atoms with van der Waals surface area (Å²) < 4.78 is 11.0. The average Bonchev–Trinajstić information content (AvgIpc) is 2.72. The van der Waals surface area contributed by atoms with Gasteiger partial charge in [0.05, 0.1) is 19.2 Å². The van der Waals surface area contributed by atoms with Crippen LogP contribution >= 0.6 is 0 Å². The summed E-state index contributed by atoms with van der Waals surface area (Å²) in [5, 5.41) is 3.24. The van der Waals surface area contributed by atoms with E-state index in [1.807, 2.05) is 18.2 Å². The lowest BCUT2D eigenvalue weighted by Crippen LogP contribution is -2.49. The van der Waals surface area contributed by atoms with Crippen LogP contribution in [0.1, 0.15) is 24.8 Å². The summed E-state index contributed by atoms with van der Waals surface area (Å²) in [4.78, 5) is 20.6. The summed E-state index contributed by atoms with van der Waals surface area (Å²) in [5.41, 5.74) is 1.15. The van der Waals surface area contributed by atoms with Crippen LogP contribution in [0, 0.1) is 0 Å². The lowest BCUT2D eigenvalue weighted by atomic mass is 10.1. The molecule has 0 atom stereocenters. The number of rotatable bonds is 9. The van der Waals surface area contributed by atoms with Crippen molar-refractivity contribution in [3.8, 4) is 0 Å². The first-order chi connectivity index (χ1) is 13.6. The molecule has 1 aliphatic heterocycles. The maximum Gasteiger partial charge on any atom is 0.241 e. The molecule has 0 bridgehead atoms. The number of carbonyl (C=O) groups is 1. The van der Waals surface area contributed by atoms with Crippen molar-refractivity contribution < 1.29 is 14.3 Å². The third kappa shape index (κ3) is 7.86. The first-order valence-corrected chi connectivity index (χ1v) is 9.98. The lowest BCUT2D eigenvalue weighted by Gasteiger charge is -2.34. The van der Waals surface area contributed by atoms with E-state index in [4.69, 9.17) is 14.5 Å². The van der Waals surface area contributed by atoms with E-state index in [1.54, 1.807) is 26.1 Å². The van der Waals surface area contributed by atoms with Crippen LogP contribution in [0.3, 0.4) is 0 Å². The Morgan fingerprint density at radius 1 is 1.21 bits per heavy atom. The summed E-state index contributed by atoms with van der Waals surface area (Å²) >= 11 is 0. The van der Waals surface area contributed by atoms with E-state index in [9.17, 15) is 4.79 Å². The fourth-order valence-corrected chi connectivity index (χ4v) is 3.02. The van der Waals surface area contributed by atoms with Gasteiger partial charge in [-0.2, -0.15) is 0 Å². The standard InChI is InChI=1S/C21H34N4O3/c1-24(2)20(26)17-23-21(22-16-18-8-5-4-6-9-18)25-12-10-19(11-13-25)28-15-7-14-27-3/h4-6,8-9,19H,7,10-17H2,1-3H3,(H,22,23). The summed E-state index contributed by atoms with van der Waals surface area (Å²) in [7, 11) is 5.23. The van der Waals surface area contributed by atoms with Crippen molar-refractivity contribution >= 4 is 11.9 Å². The van der Waals surface area contributed by atoms with Crippen molar-refractivity contribution in [1.82, 2.24) is 15.1 Å². The van der Waals surface area contributed by atoms with Gasteiger partial charge in [-0.1, -0.05) is 30.3 Å². The number of nitrogens with zero attached hydrogens (tertiary/aromatic N) is 3. The number of carbonyl (C=O) groups excluding carboxylic acids is 1. The lowest BCUT2D eigenvalue weighted by molar-refractivity contribution is -0.127. The van der Waals surface area contributed by atoms with Crippen LogP contribution in [-0.4, -0.2) is 81.8 Å². The Kier molecular flexibility index (Phi) is 9.79. The van der Waals surface area contributed by atoms with E-state index in [-0.39, 0.29) is 18.6 Å². The van der Waals surface area contributed by atoms with Crippen LogP contribution < -0.4 is 5.32 Å². The number of guanidine groups is 1. The van der Waals surface area contributed by atoms with Crippen LogP contribution in [0.5, 0.6) is 0 Å². The number of hydrogen-bond acceptors (Lipinski definition) is 4. The third-order valence-corrected chi connectivity index (χ3v) is 4.74. The van der Waals surface area contributed by atoms with E-state index in [1.165, 1.54) is 0 Å². The second kappa shape index (κ2) is 12.4. The quantitative estimate of drug-likeness (QED) is 0.395. The van der Waals surface area contributed by atoms with E-state index in [0.717, 1.165) is 57.1 Å². The zero-order valence-corrected chi connectivity index (χ0v) is 17.4. The van der Waals surface area contributed by atoms with E-state index < -0.39 is 0 Å². The van der Waals surface area contributed by atoms with Crippen molar-refractivity contribution in [2.24, 2.45) is 4.99 Å². The summed E-state index contributed by atoms with van der Waals surface area (Å²) in [6.45, 7) is 4.04. The summed E-state index contributed by atoms with van der Waals surface area (Å²) in [6, 6.07) is 10.2. The third-order valence-electron chi connectivity index (χ3n) is 4.74. The van der Waals surface area contributed by atoms with Crippen LogP contribution in [-0.2, 0) is 20.8 Å². The highest BCUT2D eigenvalue weighted by Gasteiger charge is 2.22. The summed E-state index contributed by atoms with van der Waals surface area (Å²) in [5.74, 6) is 0.820. The Morgan fingerprint density at radius 2 is 1.93 bits per heavy atom. The molecule has 1 aliphatic rings. The molecule has 1 saturated heterocycles. The minimum absolute atomic E-state index is 0.0313. The second-order valence-electron chi connectivity index (χ2n) is 7.17.